The Hall–Kier alpha value is -2.84. The number of likely N-dealkylation sites (N-methyl/N-ethyl adjacent to an activating group) is 1. The summed E-state index contributed by atoms with van der Waals surface area (Å²) in [6, 6.07) is 13.1. The average molecular weight is 413 g/mol. The lowest BCUT2D eigenvalue weighted by atomic mass is 10.2. The molecule has 7 nitrogen and oxygen atoms in total. The Bertz CT molecular complexity index is 1020. The highest BCUT2D eigenvalue weighted by molar-refractivity contribution is 7.22. The fraction of sp³-hybridized carbons (Fsp3) is 0.333. The summed E-state index contributed by atoms with van der Waals surface area (Å²) in [6.45, 7) is 1.38. The standard InChI is InChI=1S/C21H23N3O4S/c1-23(2)10-11-24(21-22-15-12-14(26-3)8-9-19(15)29-21)20(25)18-13-27-16-6-4-5-7-17(16)28-18/h4-9,12,18H,10-11,13H2,1-3H3/t18-/m0/s1. The normalized spacial score (nSPS) is 15.5. The number of ether oxygens (including phenoxy) is 3. The Morgan fingerprint density at radius 2 is 2.00 bits per heavy atom. The number of rotatable bonds is 6. The van der Waals surface area contributed by atoms with Gasteiger partial charge in [-0.05, 0) is 38.4 Å². The zero-order valence-corrected chi connectivity index (χ0v) is 17.4. The number of aromatic nitrogens is 1. The molecule has 0 saturated heterocycles. The van der Waals surface area contributed by atoms with E-state index < -0.39 is 6.10 Å². The van der Waals surface area contributed by atoms with Gasteiger partial charge >= 0.3 is 0 Å². The first-order chi connectivity index (χ1) is 14.0. The van der Waals surface area contributed by atoms with E-state index in [-0.39, 0.29) is 12.5 Å². The number of para-hydroxylation sites is 2. The lowest BCUT2D eigenvalue weighted by Crippen LogP contribution is -2.48. The number of carbonyl (C=O) groups is 1. The molecular weight excluding hydrogens is 390 g/mol. The Morgan fingerprint density at radius 1 is 1.21 bits per heavy atom. The maximum absolute atomic E-state index is 13.4. The van der Waals surface area contributed by atoms with Gasteiger partial charge in [0.25, 0.3) is 5.91 Å². The van der Waals surface area contributed by atoms with Gasteiger partial charge in [0, 0.05) is 19.2 Å². The topological polar surface area (TPSA) is 64.1 Å². The molecule has 29 heavy (non-hydrogen) atoms. The van der Waals surface area contributed by atoms with Gasteiger partial charge in [-0.2, -0.15) is 0 Å². The van der Waals surface area contributed by atoms with Crippen LogP contribution < -0.4 is 19.1 Å². The van der Waals surface area contributed by atoms with Crippen LogP contribution in [0.25, 0.3) is 10.2 Å². The van der Waals surface area contributed by atoms with Crippen molar-refractivity contribution in [3.63, 3.8) is 0 Å². The molecule has 1 atom stereocenters. The number of hydrogen-bond acceptors (Lipinski definition) is 7. The molecule has 1 aliphatic rings. The number of fused-ring (bicyclic) bond motifs is 2. The third-order valence-electron chi connectivity index (χ3n) is 4.64. The molecule has 0 radical (unpaired) electrons. The second kappa shape index (κ2) is 8.26. The SMILES string of the molecule is COc1ccc2sc(N(CCN(C)C)C(=O)[C@@H]3COc4ccccc4O3)nc2c1. The van der Waals surface area contributed by atoms with E-state index in [1.54, 1.807) is 12.0 Å². The maximum Gasteiger partial charge on any atom is 0.273 e. The summed E-state index contributed by atoms with van der Waals surface area (Å²) in [5.74, 6) is 1.82. The lowest BCUT2D eigenvalue weighted by molar-refractivity contribution is -0.127. The number of hydrogen-bond donors (Lipinski definition) is 0. The van der Waals surface area contributed by atoms with E-state index in [2.05, 4.69) is 4.98 Å². The van der Waals surface area contributed by atoms with Crippen LogP contribution in [0.3, 0.4) is 0 Å². The number of carbonyl (C=O) groups excluding carboxylic acids is 1. The van der Waals surface area contributed by atoms with Gasteiger partial charge in [0.2, 0.25) is 6.10 Å². The molecule has 2 aromatic carbocycles. The minimum Gasteiger partial charge on any atom is -0.497 e. The van der Waals surface area contributed by atoms with Crippen molar-refractivity contribution in [3.05, 3.63) is 42.5 Å². The molecule has 0 fully saturated rings. The van der Waals surface area contributed by atoms with Crippen LogP contribution in [-0.4, -0.2) is 62.8 Å². The third-order valence-corrected chi connectivity index (χ3v) is 5.69. The number of methoxy groups -OCH3 is 1. The van der Waals surface area contributed by atoms with Crippen molar-refractivity contribution in [3.8, 4) is 17.2 Å². The van der Waals surface area contributed by atoms with Crippen molar-refractivity contribution in [2.75, 3.05) is 45.8 Å². The van der Waals surface area contributed by atoms with Crippen LogP contribution in [0.2, 0.25) is 0 Å². The summed E-state index contributed by atoms with van der Waals surface area (Å²) in [4.78, 5) is 21.8. The van der Waals surface area contributed by atoms with Crippen molar-refractivity contribution in [1.82, 2.24) is 9.88 Å². The predicted octanol–water partition coefficient (Wildman–Crippen LogP) is 3.04. The minimum absolute atomic E-state index is 0.160. The summed E-state index contributed by atoms with van der Waals surface area (Å²) in [6.07, 6.45) is -0.714. The van der Waals surface area contributed by atoms with Crippen molar-refractivity contribution >= 4 is 32.6 Å². The van der Waals surface area contributed by atoms with Crippen LogP contribution >= 0.6 is 11.3 Å². The van der Waals surface area contributed by atoms with Crippen LogP contribution in [0.1, 0.15) is 0 Å². The number of amides is 1. The number of anilines is 1. The molecule has 4 rings (SSSR count). The van der Waals surface area contributed by atoms with Gasteiger partial charge in [0.1, 0.15) is 12.4 Å². The molecule has 0 aliphatic carbocycles. The van der Waals surface area contributed by atoms with Crippen LogP contribution in [0, 0.1) is 0 Å². The van der Waals surface area contributed by atoms with E-state index in [0.717, 1.165) is 16.0 Å². The Morgan fingerprint density at radius 3 is 2.76 bits per heavy atom. The average Bonchev–Trinajstić information content (AvgIpc) is 3.15. The molecule has 0 spiro atoms. The molecule has 2 heterocycles. The number of thiazole rings is 1. The van der Waals surface area contributed by atoms with E-state index in [0.29, 0.717) is 29.7 Å². The monoisotopic (exact) mass is 413 g/mol. The predicted molar refractivity (Wildman–Crippen MR) is 113 cm³/mol. The highest BCUT2D eigenvalue weighted by Gasteiger charge is 2.33. The number of benzene rings is 2. The van der Waals surface area contributed by atoms with Crippen molar-refractivity contribution in [1.29, 1.82) is 0 Å². The highest BCUT2D eigenvalue weighted by atomic mass is 32.1. The number of nitrogens with zero attached hydrogens (tertiary/aromatic N) is 3. The molecule has 0 saturated carbocycles. The molecular formula is C21H23N3O4S. The minimum atomic E-state index is -0.714. The largest absolute Gasteiger partial charge is 0.497 e. The van der Waals surface area contributed by atoms with Gasteiger partial charge in [0.15, 0.2) is 16.6 Å². The summed E-state index contributed by atoms with van der Waals surface area (Å²) in [5.41, 5.74) is 0.804. The summed E-state index contributed by atoms with van der Waals surface area (Å²) < 4.78 is 18.0. The van der Waals surface area contributed by atoms with Gasteiger partial charge in [-0.15, -0.1) is 0 Å². The first kappa shape index (κ1) is 19.5. The molecule has 1 aliphatic heterocycles. The lowest BCUT2D eigenvalue weighted by Gasteiger charge is -2.30. The maximum atomic E-state index is 13.4. The van der Waals surface area contributed by atoms with Gasteiger partial charge in [-0.3, -0.25) is 9.69 Å². The van der Waals surface area contributed by atoms with E-state index >= 15 is 0 Å². The summed E-state index contributed by atoms with van der Waals surface area (Å²) in [5, 5.41) is 0.641. The van der Waals surface area contributed by atoms with Gasteiger partial charge < -0.3 is 19.1 Å². The molecule has 1 aromatic heterocycles. The van der Waals surface area contributed by atoms with E-state index in [4.69, 9.17) is 14.2 Å². The summed E-state index contributed by atoms with van der Waals surface area (Å²) in [7, 11) is 5.57. The highest BCUT2D eigenvalue weighted by Crippen LogP contribution is 2.34. The van der Waals surface area contributed by atoms with Gasteiger partial charge in [-0.25, -0.2) is 4.98 Å². The van der Waals surface area contributed by atoms with Crippen molar-refractivity contribution < 1.29 is 19.0 Å². The molecule has 0 bridgehead atoms. The van der Waals surface area contributed by atoms with Gasteiger partial charge in [0.05, 0.1) is 17.3 Å². The first-order valence-electron chi connectivity index (χ1n) is 9.34. The second-order valence-corrected chi connectivity index (χ2v) is 8.00. The Kier molecular flexibility index (Phi) is 5.55. The Balaban J connectivity index is 1.62. The molecule has 3 aromatic rings. The summed E-state index contributed by atoms with van der Waals surface area (Å²) >= 11 is 1.48. The van der Waals surface area contributed by atoms with Crippen LogP contribution in [-0.2, 0) is 4.79 Å². The molecule has 0 N–H and O–H groups in total. The van der Waals surface area contributed by atoms with E-state index in [9.17, 15) is 4.79 Å². The second-order valence-electron chi connectivity index (χ2n) is 6.99. The van der Waals surface area contributed by atoms with Crippen LogP contribution in [0.5, 0.6) is 17.2 Å². The fourth-order valence-corrected chi connectivity index (χ4v) is 4.03. The van der Waals surface area contributed by atoms with E-state index in [1.807, 2.05) is 61.5 Å². The zero-order chi connectivity index (χ0) is 20.4. The molecule has 1 amide bonds. The molecule has 8 heteroatoms. The van der Waals surface area contributed by atoms with Crippen molar-refractivity contribution in [2.24, 2.45) is 0 Å². The Labute approximate surface area is 173 Å². The van der Waals surface area contributed by atoms with Crippen LogP contribution in [0.15, 0.2) is 42.5 Å². The third kappa shape index (κ3) is 4.13. The smallest absolute Gasteiger partial charge is 0.273 e. The quantitative estimate of drug-likeness (QED) is 0.619. The molecule has 152 valence electrons. The van der Waals surface area contributed by atoms with Gasteiger partial charge in [-0.1, -0.05) is 23.5 Å². The van der Waals surface area contributed by atoms with E-state index in [1.165, 1.54) is 11.3 Å². The first-order valence-corrected chi connectivity index (χ1v) is 10.2. The van der Waals surface area contributed by atoms with Crippen molar-refractivity contribution in [2.45, 2.75) is 6.10 Å². The zero-order valence-electron chi connectivity index (χ0n) is 16.6. The fourth-order valence-electron chi connectivity index (χ4n) is 3.05. The molecule has 0 unspecified atom stereocenters. The van der Waals surface area contributed by atoms with Crippen LogP contribution in [0.4, 0.5) is 5.13 Å².